The van der Waals surface area contributed by atoms with Crippen molar-refractivity contribution in [1.82, 2.24) is 15.1 Å². The Labute approximate surface area is 126 Å². The minimum atomic E-state index is 0.796. The maximum Gasteiger partial charge on any atom is 0.208 e. The zero-order valence-electron chi connectivity index (χ0n) is 12.7. The third-order valence-corrected chi connectivity index (χ3v) is 5.77. The van der Waals surface area contributed by atoms with E-state index in [9.17, 15) is 0 Å². The molecule has 0 spiro atoms. The summed E-state index contributed by atoms with van der Waals surface area (Å²) in [5.41, 5.74) is 0. The Morgan fingerprint density at radius 2 is 1.95 bits per heavy atom. The SMILES string of the molecule is CCCc1nnc(N2CCC(N3CCCC3C)CC2)s1. The first-order valence-electron chi connectivity index (χ1n) is 8.11. The molecule has 3 rings (SSSR count). The van der Waals surface area contributed by atoms with Crippen molar-refractivity contribution in [2.24, 2.45) is 0 Å². The van der Waals surface area contributed by atoms with E-state index in [1.54, 1.807) is 11.3 Å². The van der Waals surface area contributed by atoms with Gasteiger partial charge in [-0.25, -0.2) is 0 Å². The van der Waals surface area contributed by atoms with Crippen LogP contribution in [0.1, 0.15) is 51.0 Å². The first kappa shape index (κ1) is 14.3. The van der Waals surface area contributed by atoms with Gasteiger partial charge in [0.1, 0.15) is 5.01 Å². The van der Waals surface area contributed by atoms with Crippen LogP contribution in [0.5, 0.6) is 0 Å². The summed E-state index contributed by atoms with van der Waals surface area (Å²) in [6.45, 7) is 8.19. The lowest BCUT2D eigenvalue weighted by atomic mass is 10.0. The molecule has 2 fully saturated rings. The van der Waals surface area contributed by atoms with E-state index >= 15 is 0 Å². The molecule has 1 atom stereocenters. The molecule has 0 saturated carbocycles. The molecule has 0 amide bonds. The molecule has 4 nitrogen and oxygen atoms in total. The Morgan fingerprint density at radius 3 is 2.60 bits per heavy atom. The summed E-state index contributed by atoms with van der Waals surface area (Å²) in [5.74, 6) is 0. The number of piperidine rings is 1. The van der Waals surface area contributed by atoms with Gasteiger partial charge in [-0.1, -0.05) is 18.3 Å². The summed E-state index contributed by atoms with van der Waals surface area (Å²) >= 11 is 1.79. The fraction of sp³-hybridized carbons (Fsp3) is 0.867. The van der Waals surface area contributed by atoms with Crippen LogP contribution in [-0.2, 0) is 6.42 Å². The van der Waals surface area contributed by atoms with Gasteiger partial charge >= 0.3 is 0 Å². The van der Waals surface area contributed by atoms with E-state index in [4.69, 9.17) is 0 Å². The summed E-state index contributed by atoms with van der Waals surface area (Å²) in [4.78, 5) is 5.17. The maximum atomic E-state index is 4.38. The topological polar surface area (TPSA) is 32.3 Å². The molecule has 1 aromatic heterocycles. The number of aryl methyl sites for hydroxylation is 1. The van der Waals surface area contributed by atoms with Crippen LogP contribution in [-0.4, -0.2) is 46.8 Å². The van der Waals surface area contributed by atoms with Crippen LogP contribution >= 0.6 is 11.3 Å². The largest absolute Gasteiger partial charge is 0.347 e. The highest BCUT2D eigenvalue weighted by atomic mass is 32.1. The lowest BCUT2D eigenvalue weighted by Crippen LogP contribution is -2.46. The summed E-state index contributed by atoms with van der Waals surface area (Å²) in [7, 11) is 0. The maximum absolute atomic E-state index is 4.38. The van der Waals surface area contributed by atoms with Gasteiger partial charge in [-0.05, 0) is 45.6 Å². The molecule has 2 aliphatic heterocycles. The highest BCUT2D eigenvalue weighted by Crippen LogP contribution is 2.29. The molecule has 2 saturated heterocycles. The third kappa shape index (κ3) is 2.98. The first-order valence-corrected chi connectivity index (χ1v) is 8.92. The molecular weight excluding hydrogens is 268 g/mol. The fourth-order valence-corrected chi connectivity index (χ4v) is 4.57. The van der Waals surface area contributed by atoms with Crippen molar-refractivity contribution in [3.63, 3.8) is 0 Å². The number of hydrogen-bond acceptors (Lipinski definition) is 5. The van der Waals surface area contributed by atoms with E-state index in [2.05, 4.69) is 33.8 Å². The Kier molecular flexibility index (Phi) is 4.56. The third-order valence-electron chi connectivity index (χ3n) is 4.73. The normalized spacial score (nSPS) is 25.5. The minimum Gasteiger partial charge on any atom is -0.347 e. The van der Waals surface area contributed by atoms with Crippen LogP contribution in [0.25, 0.3) is 0 Å². The van der Waals surface area contributed by atoms with Crippen LogP contribution in [0, 0.1) is 0 Å². The second-order valence-corrected chi connectivity index (χ2v) is 7.22. The van der Waals surface area contributed by atoms with E-state index in [0.29, 0.717) is 0 Å². The second-order valence-electron chi connectivity index (χ2n) is 6.18. The van der Waals surface area contributed by atoms with Crippen LogP contribution in [0.2, 0.25) is 0 Å². The molecule has 3 heterocycles. The van der Waals surface area contributed by atoms with E-state index in [0.717, 1.165) is 43.1 Å². The number of anilines is 1. The highest BCUT2D eigenvalue weighted by molar-refractivity contribution is 7.15. The van der Waals surface area contributed by atoms with Gasteiger partial charge in [0.05, 0.1) is 0 Å². The fourth-order valence-electron chi connectivity index (χ4n) is 3.57. The lowest BCUT2D eigenvalue weighted by Gasteiger charge is -2.38. The highest BCUT2D eigenvalue weighted by Gasteiger charge is 2.31. The molecule has 5 heteroatoms. The van der Waals surface area contributed by atoms with Crippen LogP contribution in [0.15, 0.2) is 0 Å². The molecule has 0 bridgehead atoms. The Balaban J connectivity index is 1.55. The molecule has 0 radical (unpaired) electrons. The standard InChI is InChI=1S/C15H26N4S/c1-3-5-14-16-17-15(20-14)18-10-7-13(8-11-18)19-9-4-6-12(19)2/h12-13H,3-11H2,1-2H3. The van der Waals surface area contributed by atoms with Crippen molar-refractivity contribution < 1.29 is 0 Å². The van der Waals surface area contributed by atoms with Gasteiger partial charge in [0.2, 0.25) is 5.13 Å². The van der Waals surface area contributed by atoms with Gasteiger partial charge in [-0.3, -0.25) is 4.90 Å². The van der Waals surface area contributed by atoms with Gasteiger partial charge in [0, 0.05) is 31.6 Å². The molecule has 20 heavy (non-hydrogen) atoms. The summed E-state index contributed by atoms with van der Waals surface area (Å²) in [5, 5.41) is 11.0. The number of hydrogen-bond donors (Lipinski definition) is 0. The van der Waals surface area contributed by atoms with Crippen molar-refractivity contribution in [3.05, 3.63) is 5.01 Å². The summed E-state index contributed by atoms with van der Waals surface area (Å²) in [6.07, 6.45) is 7.57. The molecule has 2 aliphatic rings. The molecule has 0 N–H and O–H groups in total. The summed E-state index contributed by atoms with van der Waals surface area (Å²) in [6, 6.07) is 1.59. The van der Waals surface area contributed by atoms with Crippen molar-refractivity contribution in [2.75, 3.05) is 24.5 Å². The average molecular weight is 294 g/mol. The quantitative estimate of drug-likeness (QED) is 0.854. The zero-order valence-corrected chi connectivity index (χ0v) is 13.5. The monoisotopic (exact) mass is 294 g/mol. The van der Waals surface area contributed by atoms with E-state index in [-0.39, 0.29) is 0 Å². The predicted octanol–water partition coefficient (Wildman–Crippen LogP) is 2.94. The van der Waals surface area contributed by atoms with Crippen LogP contribution in [0.4, 0.5) is 5.13 Å². The molecular formula is C15H26N4S. The predicted molar refractivity (Wildman–Crippen MR) is 84.5 cm³/mol. The minimum absolute atomic E-state index is 0.796. The Hall–Kier alpha value is -0.680. The van der Waals surface area contributed by atoms with Crippen molar-refractivity contribution >= 4 is 16.5 Å². The van der Waals surface area contributed by atoms with E-state index in [1.807, 2.05) is 0 Å². The van der Waals surface area contributed by atoms with Crippen molar-refractivity contribution in [2.45, 2.75) is 64.5 Å². The number of likely N-dealkylation sites (tertiary alicyclic amines) is 1. The van der Waals surface area contributed by atoms with Gasteiger partial charge in [0.25, 0.3) is 0 Å². The number of nitrogens with zero attached hydrogens (tertiary/aromatic N) is 4. The van der Waals surface area contributed by atoms with Gasteiger partial charge in [0.15, 0.2) is 0 Å². The smallest absolute Gasteiger partial charge is 0.208 e. The molecule has 112 valence electrons. The van der Waals surface area contributed by atoms with Crippen LogP contribution < -0.4 is 4.90 Å². The van der Waals surface area contributed by atoms with Crippen molar-refractivity contribution in [1.29, 1.82) is 0 Å². The molecule has 1 unspecified atom stereocenters. The van der Waals surface area contributed by atoms with E-state index < -0.39 is 0 Å². The van der Waals surface area contributed by atoms with Gasteiger partial charge < -0.3 is 4.90 Å². The first-order chi connectivity index (χ1) is 9.78. The number of rotatable bonds is 4. The Morgan fingerprint density at radius 1 is 1.15 bits per heavy atom. The van der Waals surface area contributed by atoms with Gasteiger partial charge in [-0.15, -0.1) is 10.2 Å². The second kappa shape index (κ2) is 6.39. The molecule has 1 aromatic rings. The van der Waals surface area contributed by atoms with Crippen LogP contribution in [0.3, 0.4) is 0 Å². The molecule has 0 aromatic carbocycles. The summed E-state index contributed by atoms with van der Waals surface area (Å²) < 4.78 is 0. The van der Waals surface area contributed by atoms with E-state index in [1.165, 1.54) is 37.2 Å². The van der Waals surface area contributed by atoms with Gasteiger partial charge in [-0.2, -0.15) is 0 Å². The number of aromatic nitrogens is 2. The zero-order chi connectivity index (χ0) is 13.9. The lowest BCUT2D eigenvalue weighted by molar-refractivity contribution is 0.163. The Bertz CT molecular complexity index is 425. The average Bonchev–Trinajstić information content (AvgIpc) is 3.09. The van der Waals surface area contributed by atoms with Crippen molar-refractivity contribution in [3.8, 4) is 0 Å². The molecule has 0 aliphatic carbocycles.